The van der Waals surface area contributed by atoms with Gasteiger partial charge in [-0.1, -0.05) is 43.7 Å². The number of nitrogens with one attached hydrogen (secondary N) is 1. The molecule has 0 saturated carbocycles. The molecule has 0 aliphatic rings. The van der Waals surface area contributed by atoms with Crippen molar-refractivity contribution in [2.24, 2.45) is 7.05 Å². The van der Waals surface area contributed by atoms with Crippen LogP contribution in [0.3, 0.4) is 0 Å². The van der Waals surface area contributed by atoms with E-state index >= 15 is 0 Å². The fraction of sp³-hybridized carbons (Fsp3) is 0.429. The second-order valence-electron chi connectivity index (χ2n) is 4.38. The highest BCUT2D eigenvalue weighted by molar-refractivity contribution is 5.85. The molecule has 0 amide bonds. The van der Waals surface area contributed by atoms with Crippen LogP contribution in [-0.4, -0.2) is 21.5 Å². The van der Waals surface area contributed by atoms with E-state index in [0.717, 1.165) is 30.0 Å². The van der Waals surface area contributed by atoms with Gasteiger partial charge in [-0.15, -0.1) is 12.4 Å². The maximum absolute atomic E-state index is 4.45. The van der Waals surface area contributed by atoms with E-state index in [1.54, 1.807) is 4.80 Å². The van der Waals surface area contributed by atoms with Gasteiger partial charge in [0.25, 0.3) is 0 Å². The molecular weight excluding hydrogens is 260 g/mol. The average molecular weight is 281 g/mol. The number of unbranched alkanes of at least 4 members (excludes halogenated alkanes) is 1. The first-order valence-corrected chi connectivity index (χ1v) is 6.47. The molecule has 1 aromatic heterocycles. The quantitative estimate of drug-likeness (QED) is 0.828. The normalized spacial score (nSPS) is 10.2. The Labute approximate surface area is 120 Å². The van der Waals surface area contributed by atoms with Crippen LogP contribution in [-0.2, 0) is 13.6 Å². The highest BCUT2D eigenvalue weighted by atomic mass is 35.5. The summed E-state index contributed by atoms with van der Waals surface area (Å²) in [6, 6.07) is 10.2. The van der Waals surface area contributed by atoms with E-state index in [1.165, 1.54) is 12.8 Å². The third kappa shape index (κ3) is 4.33. The lowest BCUT2D eigenvalue weighted by atomic mass is 10.1. The second-order valence-corrected chi connectivity index (χ2v) is 4.38. The van der Waals surface area contributed by atoms with Crippen molar-refractivity contribution in [1.29, 1.82) is 0 Å². The molecule has 2 rings (SSSR count). The molecule has 0 fully saturated rings. The molecule has 0 spiro atoms. The van der Waals surface area contributed by atoms with E-state index in [0.29, 0.717) is 0 Å². The van der Waals surface area contributed by atoms with Gasteiger partial charge in [0, 0.05) is 19.2 Å². The minimum Gasteiger partial charge on any atom is -0.311 e. The van der Waals surface area contributed by atoms with Crippen molar-refractivity contribution in [2.45, 2.75) is 26.3 Å². The summed E-state index contributed by atoms with van der Waals surface area (Å²) in [5.41, 5.74) is 3.11. The molecule has 0 aliphatic carbocycles. The first-order valence-electron chi connectivity index (χ1n) is 6.47. The van der Waals surface area contributed by atoms with Gasteiger partial charge in [0.15, 0.2) is 0 Å². The zero-order valence-corrected chi connectivity index (χ0v) is 12.3. The van der Waals surface area contributed by atoms with E-state index in [4.69, 9.17) is 0 Å². The van der Waals surface area contributed by atoms with Gasteiger partial charge in [-0.3, -0.25) is 0 Å². The smallest absolute Gasteiger partial charge is 0.117 e. The molecule has 104 valence electrons. The molecule has 1 aromatic carbocycles. The summed E-state index contributed by atoms with van der Waals surface area (Å²) < 4.78 is 0. The lowest BCUT2D eigenvalue weighted by Crippen LogP contribution is -2.15. The first-order chi connectivity index (χ1) is 8.81. The largest absolute Gasteiger partial charge is 0.311 e. The van der Waals surface area contributed by atoms with Crippen molar-refractivity contribution >= 4 is 12.4 Å². The van der Waals surface area contributed by atoms with Crippen LogP contribution in [0.25, 0.3) is 11.3 Å². The summed E-state index contributed by atoms with van der Waals surface area (Å²) in [5, 5.41) is 12.3. The molecule has 1 heterocycles. The summed E-state index contributed by atoms with van der Waals surface area (Å²) in [4.78, 5) is 1.64. The van der Waals surface area contributed by atoms with Crippen LogP contribution in [0.1, 0.15) is 25.5 Å². The van der Waals surface area contributed by atoms with Gasteiger partial charge < -0.3 is 5.32 Å². The topological polar surface area (TPSA) is 42.7 Å². The number of rotatable bonds is 6. The number of aromatic nitrogens is 3. The van der Waals surface area contributed by atoms with E-state index < -0.39 is 0 Å². The fourth-order valence-corrected chi connectivity index (χ4v) is 1.89. The predicted molar refractivity (Wildman–Crippen MR) is 80.3 cm³/mol. The van der Waals surface area contributed by atoms with Crippen LogP contribution in [0.2, 0.25) is 0 Å². The van der Waals surface area contributed by atoms with Crippen molar-refractivity contribution < 1.29 is 0 Å². The van der Waals surface area contributed by atoms with Gasteiger partial charge in [0.05, 0.1) is 0 Å². The standard InChI is InChI=1S/C14H20N4.ClH/c1-3-4-10-15-11-13-14(17-18(2)16-13)12-8-6-5-7-9-12;/h5-9,15H,3-4,10-11H2,1-2H3;1H. The van der Waals surface area contributed by atoms with Crippen molar-refractivity contribution in [1.82, 2.24) is 20.3 Å². The zero-order valence-electron chi connectivity index (χ0n) is 11.5. The highest BCUT2D eigenvalue weighted by Crippen LogP contribution is 2.19. The maximum atomic E-state index is 4.45. The molecule has 0 bridgehead atoms. The van der Waals surface area contributed by atoms with E-state index in [2.05, 4.69) is 34.6 Å². The monoisotopic (exact) mass is 280 g/mol. The highest BCUT2D eigenvalue weighted by Gasteiger charge is 2.10. The Balaban J connectivity index is 0.00000180. The number of hydrogen-bond donors (Lipinski definition) is 1. The summed E-state index contributed by atoms with van der Waals surface area (Å²) in [7, 11) is 1.86. The van der Waals surface area contributed by atoms with E-state index in [9.17, 15) is 0 Å². The van der Waals surface area contributed by atoms with Crippen LogP contribution in [0.15, 0.2) is 30.3 Å². The van der Waals surface area contributed by atoms with Crippen LogP contribution in [0, 0.1) is 0 Å². The second kappa shape index (κ2) is 7.92. The van der Waals surface area contributed by atoms with Crippen LogP contribution in [0.4, 0.5) is 0 Å². The molecule has 2 aromatic rings. The van der Waals surface area contributed by atoms with Crippen molar-refractivity contribution in [3.63, 3.8) is 0 Å². The molecule has 0 aliphatic heterocycles. The van der Waals surface area contributed by atoms with E-state index in [-0.39, 0.29) is 12.4 Å². The van der Waals surface area contributed by atoms with Gasteiger partial charge >= 0.3 is 0 Å². The predicted octanol–water partition coefficient (Wildman–Crippen LogP) is 2.79. The lowest BCUT2D eigenvalue weighted by Gasteiger charge is -2.03. The number of benzene rings is 1. The third-order valence-corrected chi connectivity index (χ3v) is 2.83. The van der Waals surface area contributed by atoms with Crippen LogP contribution >= 0.6 is 12.4 Å². The average Bonchev–Trinajstić information content (AvgIpc) is 2.77. The molecule has 0 atom stereocenters. The third-order valence-electron chi connectivity index (χ3n) is 2.83. The Morgan fingerprint density at radius 3 is 2.58 bits per heavy atom. The van der Waals surface area contributed by atoms with Crippen LogP contribution in [0.5, 0.6) is 0 Å². The molecule has 5 heteroatoms. The van der Waals surface area contributed by atoms with Gasteiger partial charge in [-0.05, 0) is 13.0 Å². The Hall–Kier alpha value is -1.39. The Bertz CT molecular complexity index is 481. The first kappa shape index (κ1) is 15.7. The fourth-order valence-electron chi connectivity index (χ4n) is 1.89. The number of hydrogen-bond acceptors (Lipinski definition) is 3. The lowest BCUT2D eigenvalue weighted by molar-refractivity contribution is 0.608. The van der Waals surface area contributed by atoms with Crippen molar-refractivity contribution in [3.8, 4) is 11.3 Å². The molecule has 0 unspecified atom stereocenters. The summed E-state index contributed by atoms with van der Waals surface area (Å²) >= 11 is 0. The minimum atomic E-state index is 0. The molecule has 19 heavy (non-hydrogen) atoms. The molecular formula is C14H21ClN4. The Kier molecular flexibility index (Phi) is 6.53. The number of aryl methyl sites for hydroxylation is 1. The van der Waals surface area contributed by atoms with Gasteiger partial charge in [0.2, 0.25) is 0 Å². The molecule has 4 nitrogen and oxygen atoms in total. The summed E-state index contributed by atoms with van der Waals surface area (Å²) in [5.74, 6) is 0. The van der Waals surface area contributed by atoms with Gasteiger partial charge in [0.1, 0.15) is 11.4 Å². The van der Waals surface area contributed by atoms with E-state index in [1.807, 2.05) is 25.2 Å². The van der Waals surface area contributed by atoms with Crippen molar-refractivity contribution in [2.75, 3.05) is 6.54 Å². The minimum absolute atomic E-state index is 0. The van der Waals surface area contributed by atoms with Crippen molar-refractivity contribution in [3.05, 3.63) is 36.0 Å². The van der Waals surface area contributed by atoms with Gasteiger partial charge in [-0.2, -0.15) is 15.0 Å². The maximum Gasteiger partial charge on any atom is 0.117 e. The zero-order chi connectivity index (χ0) is 12.8. The Morgan fingerprint density at radius 2 is 1.89 bits per heavy atom. The molecule has 0 radical (unpaired) electrons. The van der Waals surface area contributed by atoms with Gasteiger partial charge in [-0.25, -0.2) is 0 Å². The summed E-state index contributed by atoms with van der Waals surface area (Å²) in [6.07, 6.45) is 2.40. The Morgan fingerprint density at radius 1 is 1.16 bits per heavy atom. The summed E-state index contributed by atoms with van der Waals surface area (Å²) in [6.45, 7) is 4.00. The molecule has 1 N–H and O–H groups in total. The molecule has 0 saturated heterocycles. The number of nitrogens with zero attached hydrogens (tertiary/aromatic N) is 3. The number of halogens is 1. The van der Waals surface area contributed by atoms with Crippen LogP contribution < -0.4 is 5.32 Å². The SMILES string of the molecule is CCCCNCc1nn(C)nc1-c1ccccc1.Cl.